The Morgan fingerprint density at radius 1 is 1.26 bits per heavy atom. The number of benzene rings is 1. The maximum absolute atomic E-state index is 12.6. The molecule has 1 aromatic carbocycles. The van der Waals surface area contributed by atoms with Gasteiger partial charge in [0.15, 0.2) is 0 Å². The molecule has 140 valence electrons. The van der Waals surface area contributed by atoms with Gasteiger partial charge in [0, 0.05) is 30.8 Å². The number of thiophene rings is 1. The predicted octanol–water partition coefficient (Wildman–Crippen LogP) is 3.31. The number of aromatic nitrogens is 2. The monoisotopic (exact) mass is 382 g/mol. The van der Waals surface area contributed by atoms with E-state index in [9.17, 15) is 9.59 Å². The van der Waals surface area contributed by atoms with Crippen LogP contribution in [-0.2, 0) is 4.79 Å². The van der Waals surface area contributed by atoms with Crippen LogP contribution in [0.2, 0.25) is 0 Å². The van der Waals surface area contributed by atoms with E-state index in [1.165, 1.54) is 11.3 Å². The lowest BCUT2D eigenvalue weighted by atomic mass is 10.2. The molecule has 7 heteroatoms. The standard InChI is InChI=1S/C20H22N4O2S/c1-11(16-8-9-17(27-16)20(26)24(2)3)21-19(25)13-10-12(13)18-22-14-6-4-5-7-15(14)23-18/h4-9,11-13H,10H2,1-3H3,(H,21,25)(H,22,23)/t11-,12-,13-/m1/s1. The Morgan fingerprint density at radius 2 is 2.04 bits per heavy atom. The second-order valence-corrected chi connectivity index (χ2v) is 8.34. The minimum Gasteiger partial charge on any atom is -0.349 e. The highest BCUT2D eigenvalue weighted by molar-refractivity contribution is 7.14. The Kier molecular flexibility index (Phi) is 4.47. The van der Waals surface area contributed by atoms with E-state index < -0.39 is 0 Å². The van der Waals surface area contributed by atoms with Crippen LogP contribution in [0.3, 0.4) is 0 Å². The molecule has 2 heterocycles. The van der Waals surface area contributed by atoms with Crippen LogP contribution in [0.25, 0.3) is 11.0 Å². The van der Waals surface area contributed by atoms with Crippen molar-refractivity contribution < 1.29 is 9.59 Å². The highest BCUT2D eigenvalue weighted by Gasteiger charge is 2.46. The number of carbonyl (C=O) groups is 2. The number of aromatic amines is 1. The Labute approximate surface area is 161 Å². The van der Waals surface area contributed by atoms with Crippen LogP contribution in [0, 0.1) is 5.92 Å². The molecule has 3 atom stereocenters. The molecule has 1 aliphatic rings. The summed E-state index contributed by atoms with van der Waals surface area (Å²) in [5.41, 5.74) is 1.94. The normalized spacial score (nSPS) is 19.7. The van der Waals surface area contributed by atoms with E-state index in [0.717, 1.165) is 28.2 Å². The molecule has 0 unspecified atom stereocenters. The van der Waals surface area contributed by atoms with E-state index in [4.69, 9.17) is 0 Å². The van der Waals surface area contributed by atoms with Crippen molar-refractivity contribution in [1.29, 1.82) is 0 Å². The fourth-order valence-electron chi connectivity index (χ4n) is 3.25. The highest BCUT2D eigenvalue weighted by atomic mass is 32.1. The van der Waals surface area contributed by atoms with Crippen LogP contribution in [-0.4, -0.2) is 40.8 Å². The summed E-state index contributed by atoms with van der Waals surface area (Å²) in [6.07, 6.45) is 0.813. The van der Waals surface area contributed by atoms with E-state index in [1.807, 2.05) is 43.3 Å². The summed E-state index contributed by atoms with van der Waals surface area (Å²) in [4.78, 5) is 35.8. The average molecular weight is 382 g/mol. The van der Waals surface area contributed by atoms with Gasteiger partial charge >= 0.3 is 0 Å². The van der Waals surface area contributed by atoms with Crippen molar-refractivity contribution in [2.75, 3.05) is 14.1 Å². The van der Waals surface area contributed by atoms with Gasteiger partial charge in [0.25, 0.3) is 5.91 Å². The van der Waals surface area contributed by atoms with E-state index in [1.54, 1.807) is 19.0 Å². The van der Waals surface area contributed by atoms with Crippen molar-refractivity contribution in [3.8, 4) is 0 Å². The molecule has 6 nitrogen and oxygen atoms in total. The number of hydrogen-bond donors (Lipinski definition) is 2. The highest BCUT2D eigenvalue weighted by Crippen LogP contribution is 2.47. The number of para-hydroxylation sites is 2. The third-order valence-corrected chi connectivity index (χ3v) is 6.17. The second kappa shape index (κ2) is 6.81. The first-order chi connectivity index (χ1) is 12.9. The number of carbonyl (C=O) groups excluding carboxylic acids is 2. The SMILES string of the molecule is C[C@@H](NC(=O)[C@@H]1C[C@H]1c1nc2ccccc2[nH]1)c1ccc(C(=O)N(C)C)s1. The zero-order chi connectivity index (χ0) is 19.1. The lowest BCUT2D eigenvalue weighted by Crippen LogP contribution is -2.28. The molecule has 2 N–H and O–H groups in total. The Balaban J connectivity index is 1.39. The van der Waals surface area contributed by atoms with Crippen LogP contribution in [0.1, 0.15) is 45.7 Å². The molecule has 2 aromatic heterocycles. The third kappa shape index (κ3) is 3.47. The first-order valence-corrected chi connectivity index (χ1v) is 9.82. The van der Waals surface area contributed by atoms with Gasteiger partial charge in [-0.25, -0.2) is 4.98 Å². The molecular weight excluding hydrogens is 360 g/mol. The predicted molar refractivity (Wildman–Crippen MR) is 106 cm³/mol. The van der Waals surface area contributed by atoms with E-state index >= 15 is 0 Å². The number of hydrogen-bond acceptors (Lipinski definition) is 4. The van der Waals surface area contributed by atoms with Crippen molar-refractivity contribution in [1.82, 2.24) is 20.2 Å². The van der Waals surface area contributed by atoms with Crippen LogP contribution in [0.5, 0.6) is 0 Å². The summed E-state index contributed by atoms with van der Waals surface area (Å²) in [5, 5.41) is 3.08. The van der Waals surface area contributed by atoms with E-state index in [2.05, 4.69) is 15.3 Å². The Bertz CT molecular complexity index is 973. The van der Waals surface area contributed by atoms with Crippen molar-refractivity contribution in [3.63, 3.8) is 0 Å². The number of H-pyrrole nitrogens is 1. The van der Waals surface area contributed by atoms with Gasteiger partial charge in [0.05, 0.1) is 22.0 Å². The molecule has 27 heavy (non-hydrogen) atoms. The molecule has 4 rings (SSSR count). The molecule has 3 aromatic rings. The molecule has 1 fully saturated rings. The van der Waals surface area contributed by atoms with Crippen LogP contribution >= 0.6 is 11.3 Å². The number of nitrogens with one attached hydrogen (secondary N) is 2. The number of fused-ring (bicyclic) bond motifs is 1. The van der Waals surface area contributed by atoms with Crippen LogP contribution < -0.4 is 5.32 Å². The molecule has 0 bridgehead atoms. The summed E-state index contributed by atoms with van der Waals surface area (Å²) < 4.78 is 0. The molecule has 0 saturated heterocycles. The first-order valence-electron chi connectivity index (χ1n) is 9.00. The maximum Gasteiger partial charge on any atom is 0.263 e. The van der Waals surface area contributed by atoms with Gasteiger partial charge in [-0.05, 0) is 37.6 Å². The van der Waals surface area contributed by atoms with Crippen molar-refractivity contribution in [2.24, 2.45) is 5.92 Å². The summed E-state index contributed by atoms with van der Waals surface area (Å²) in [6.45, 7) is 1.95. The number of nitrogens with zero attached hydrogens (tertiary/aromatic N) is 2. The van der Waals surface area contributed by atoms with Gasteiger partial charge in [-0.2, -0.15) is 0 Å². The summed E-state index contributed by atoms with van der Waals surface area (Å²) >= 11 is 1.43. The van der Waals surface area contributed by atoms with Gasteiger partial charge in [-0.15, -0.1) is 11.3 Å². The van der Waals surface area contributed by atoms with Gasteiger partial charge in [-0.3, -0.25) is 9.59 Å². The van der Waals surface area contributed by atoms with Gasteiger partial charge < -0.3 is 15.2 Å². The fraction of sp³-hybridized carbons (Fsp3) is 0.350. The zero-order valence-electron chi connectivity index (χ0n) is 15.5. The number of rotatable bonds is 5. The molecule has 1 aliphatic carbocycles. The largest absolute Gasteiger partial charge is 0.349 e. The summed E-state index contributed by atoms with van der Waals surface area (Å²) in [6, 6.07) is 11.5. The number of imidazole rings is 1. The van der Waals surface area contributed by atoms with Crippen molar-refractivity contribution >= 4 is 34.2 Å². The molecule has 0 aliphatic heterocycles. The zero-order valence-corrected chi connectivity index (χ0v) is 16.3. The maximum atomic E-state index is 12.6. The summed E-state index contributed by atoms with van der Waals surface area (Å²) in [5.74, 6) is 1.02. The lowest BCUT2D eigenvalue weighted by molar-refractivity contribution is -0.123. The third-order valence-electron chi connectivity index (χ3n) is 4.92. The molecule has 0 radical (unpaired) electrons. The average Bonchev–Trinajstić information content (AvgIpc) is 3.11. The minimum absolute atomic E-state index is 0.0167. The smallest absolute Gasteiger partial charge is 0.263 e. The van der Waals surface area contributed by atoms with Gasteiger partial charge in [-0.1, -0.05) is 12.1 Å². The quantitative estimate of drug-likeness (QED) is 0.711. The molecule has 1 saturated carbocycles. The lowest BCUT2D eigenvalue weighted by Gasteiger charge is -2.12. The topological polar surface area (TPSA) is 78.1 Å². The molecule has 2 amide bonds. The fourth-order valence-corrected chi connectivity index (χ4v) is 4.28. The van der Waals surface area contributed by atoms with E-state index in [-0.39, 0.29) is 29.7 Å². The van der Waals surface area contributed by atoms with Crippen molar-refractivity contribution in [2.45, 2.75) is 25.3 Å². The van der Waals surface area contributed by atoms with Gasteiger partial charge in [0.2, 0.25) is 5.91 Å². The Morgan fingerprint density at radius 3 is 2.78 bits per heavy atom. The molecular formula is C20H22N4O2S. The molecule has 0 spiro atoms. The van der Waals surface area contributed by atoms with E-state index in [0.29, 0.717) is 4.88 Å². The minimum atomic E-state index is -0.122. The van der Waals surface area contributed by atoms with Crippen molar-refractivity contribution in [3.05, 3.63) is 52.0 Å². The first kappa shape index (κ1) is 17.7. The summed E-state index contributed by atoms with van der Waals surface area (Å²) in [7, 11) is 3.47. The van der Waals surface area contributed by atoms with Crippen LogP contribution in [0.4, 0.5) is 0 Å². The Hall–Kier alpha value is -2.67. The number of amides is 2. The van der Waals surface area contributed by atoms with Gasteiger partial charge in [0.1, 0.15) is 5.82 Å². The second-order valence-electron chi connectivity index (χ2n) is 7.22. The van der Waals surface area contributed by atoms with Crippen LogP contribution in [0.15, 0.2) is 36.4 Å².